The second-order valence-corrected chi connectivity index (χ2v) is 8.40. The molecule has 7 heteroatoms. The van der Waals surface area contributed by atoms with Crippen LogP contribution in [-0.4, -0.2) is 26.3 Å². The number of aromatic nitrogens is 2. The van der Waals surface area contributed by atoms with Gasteiger partial charge in [0.2, 0.25) is 0 Å². The van der Waals surface area contributed by atoms with Gasteiger partial charge in [0.15, 0.2) is 10.9 Å². The largest absolute Gasteiger partial charge is 0.293 e. The van der Waals surface area contributed by atoms with Crippen molar-refractivity contribution in [2.45, 2.75) is 42.1 Å². The first-order valence-corrected chi connectivity index (χ1v) is 9.95. The molecule has 1 atom stereocenters. The normalized spacial score (nSPS) is 16.2. The lowest BCUT2D eigenvalue weighted by Gasteiger charge is -2.11. The number of benzene rings is 1. The number of thioether (sulfide) groups is 2. The Bertz CT molecular complexity index is 834. The summed E-state index contributed by atoms with van der Waals surface area (Å²) in [7, 11) is 0. The van der Waals surface area contributed by atoms with Crippen molar-refractivity contribution in [1.82, 2.24) is 9.55 Å². The molecular formula is C17H17ClN2O2S2. The van der Waals surface area contributed by atoms with Crippen LogP contribution in [0, 0.1) is 0 Å². The number of Topliss-reactive ketones (excluding diaryl/α,β-unsaturated/α-hetero) is 1. The zero-order valence-corrected chi connectivity index (χ0v) is 15.8. The fourth-order valence-electron chi connectivity index (χ4n) is 2.57. The van der Waals surface area contributed by atoms with E-state index < -0.39 is 0 Å². The van der Waals surface area contributed by atoms with Gasteiger partial charge in [-0.15, -0.1) is 11.8 Å². The predicted molar refractivity (Wildman–Crippen MR) is 99.7 cm³/mol. The van der Waals surface area contributed by atoms with Crippen molar-refractivity contribution in [3.05, 3.63) is 50.9 Å². The molecule has 1 aromatic carbocycles. The van der Waals surface area contributed by atoms with E-state index in [4.69, 9.17) is 11.6 Å². The Labute approximate surface area is 154 Å². The Morgan fingerprint density at radius 2 is 2.12 bits per heavy atom. The topological polar surface area (TPSA) is 52.0 Å². The molecule has 126 valence electrons. The van der Waals surface area contributed by atoms with Gasteiger partial charge in [-0.2, -0.15) is 0 Å². The first kappa shape index (κ1) is 17.6. The van der Waals surface area contributed by atoms with E-state index in [1.807, 2.05) is 6.92 Å². The lowest BCUT2D eigenvalue weighted by molar-refractivity contribution is 0.102. The number of rotatable bonds is 5. The summed E-state index contributed by atoms with van der Waals surface area (Å²) in [6, 6.07) is 6.83. The lowest BCUT2D eigenvalue weighted by atomic mass is 10.1. The zero-order chi connectivity index (χ0) is 17.3. The molecule has 2 heterocycles. The number of carbonyl (C=O) groups is 1. The third-order valence-electron chi connectivity index (χ3n) is 3.78. The van der Waals surface area contributed by atoms with E-state index in [-0.39, 0.29) is 17.1 Å². The second-order valence-electron chi connectivity index (χ2n) is 5.57. The summed E-state index contributed by atoms with van der Waals surface area (Å²) in [6.45, 7) is 4.56. The highest BCUT2D eigenvalue weighted by Crippen LogP contribution is 2.34. The Balaban J connectivity index is 1.81. The van der Waals surface area contributed by atoms with E-state index in [1.54, 1.807) is 40.6 Å². The second kappa shape index (κ2) is 7.33. The predicted octanol–water partition coefficient (Wildman–Crippen LogP) is 3.93. The highest BCUT2D eigenvalue weighted by atomic mass is 35.5. The smallest absolute Gasteiger partial charge is 0.268 e. The maximum Gasteiger partial charge on any atom is 0.268 e. The monoisotopic (exact) mass is 380 g/mol. The average molecular weight is 381 g/mol. The first-order chi connectivity index (χ1) is 11.5. The van der Waals surface area contributed by atoms with Crippen LogP contribution >= 0.6 is 35.1 Å². The summed E-state index contributed by atoms with van der Waals surface area (Å²) in [5.41, 5.74) is 1.49. The standard InChI is InChI=1S/C17H17ClN2O2S2/c1-3-20-16(22)15-13(8-10(2)24-15)19-17(20)23-9-14(21)11-4-6-12(18)7-5-11/h4-7,10H,3,8-9H2,1-2H3. The fraction of sp³-hybridized carbons (Fsp3) is 0.353. The van der Waals surface area contributed by atoms with Crippen molar-refractivity contribution in [2.75, 3.05) is 5.75 Å². The molecule has 2 aromatic rings. The number of hydrogen-bond donors (Lipinski definition) is 0. The molecule has 0 radical (unpaired) electrons. The molecule has 1 aliphatic heterocycles. The number of hydrogen-bond acceptors (Lipinski definition) is 5. The Morgan fingerprint density at radius 1 is 1.42 bits per heavy atom. The number of carbonyl (C=O) groups excluding carboxylic acids is 1. The van der Waals surface area contributed by atoms with Crippen LogP contribution in [0.25, 0.3) is 0 Å². The quantitative estimate of drug-likeness (QED) is 0.447. The third-order valence-corrected chi connectivity index (χ3v) is 6.22. The molecule has 0 saturated carbocycles. The van der Waals surface area contributed by atoms with Crippen LogP contribution in [0.4, 0.5) is 0 Å². The summed E-state index contributed by atoms with van der Waals surface area (Å²) in [5, 5.41) is 1.60. The van der Waals surface area contributed by atoms with E-state index in [9.17, 15) is 9.59 Å². The van der Waals surface area contributed by atoms with Crippen LogP contribution in [0.1, 0.15) is 29.9 Å². The molecule has 1 unspecified atom stereocenters. The molecule has 0 bridgehead atoms. The summed E-state index contributed by atoms with van der Waals surface area (Å²) >= 11 is 8.76. The average Bonchev–Trinajstić information content (AvgIpc) is 2.94. The Morgan fingerprint density at radius 3 is 2.79 bits per heavy atom. The SMILES string of the molecule is CCn1c(SCC(=O)c2ccc(Cl)cc2)nc2c(c1=O)SC(C)C2. The fourth-order valence-corrected chi connectivity index (χ4v) is 4.78. The van der Waals surface area contributed by atoms with Gasteiger partial charge in [-0.05, 0) is 31.2 Å². The number of halogens is 1. The molecule has 0 amide bonds. The van der Waals surface area contributed by atoms with Crippen molar-refractivity contribution in [3.8, 4) is 0 Å². The molecule has 1 aliphatic rings. The molecular weight excluding hydrogens is 364 g/mol. The molecule has 24 heavy (non-hydrogen) atoms. The van der Waals surface area contributed by atoms with Gasteiger partial charge >= 0.3 is 0 Å². The van der Waals surface area contributed by atoms with Gasteiger partial charge < -0.3 is 0 Å². The number of ketones is 1. The van der Waals surface area contributed by atoms with E-state index in [0.29, 0.717) is 27.5 Å². The molecule has 1 aromatic heterocycles. The van der Waals surface area contributed by atoms with Crippen LogP contribution in [0.5, 0.6) is 0 Å². The van der Waals surface area contributed by atoms with Crippen molar-refractivity contribution in [2.24, 2.45) is 0 Å². The third kappa shape index (κ3) is 3.55. The highest BCUT2D eigenvalue weighted by molar-refractivity contribution is 8.00. The lowest BCUT2D eigenvalue weighted by Crippen LogP contribution is -2.24. The molecule has 0 N–H and O–H groups in total. The van der Waals surface area contributed by atoms with E-state index in [0.717, 1.165) is 17.0 Å². The number of fused-ring (bicyclic) bond motifs is 1. The van der Waals surface area contributed by atoms with E-state index in [1.165, 1.54) is 11.8 Å². The Hall–Kier alpha value is -1.24. The molecule has 0 fully saturated rings. The van der Waals surface area contributed by atoms with Gasteiger partial charge in [0.1, 0.15) is 0 Å². The van der Waals surface area contributed by atoms with Crippen LogP contribution in [0.2, 0.25) is 5.02 Å². The summed E-state index contributed by atoms with van der Waals surface area (Å²) < 4.78 is 1.66. The number of nitrogens with zero attached hydrogens (tertiary/aromatic N) is 2. The Kier molecular flexibility index (Phi) is 5.37. The van der Waals surface area contributed by atoms with Crippen LogP contribution in [0.3, 0.4) is 0 Å². The van der Waals surface area contributed by atoms with Gasteiger partial charge in [0.25, 0.3) is 5.56 Å². The van der Waals surface area contributed by atoms with Crippen molar-refractivity contribution >= 4 is 40.9 Å². The summed E-state index contributed by atoms with van der Waals surface area (Å²) in [4.78, 5) is 30.3. The van der Waals surface area contributed by atoms with Gasteiger partial charge in [-0.25, -0.2) is 4.98 Å². The van der Waals surface area contributed by atoms with E-state index >= 15 is 0 Å². The van der Waals surface area contributed by atoms with Crippen LogP contribution in [-0.2, 0) is 13.0 Å². The van der Waals surface area contributed by atoms with Gasteiger partial charge in [-0.1, -0.05) is 30.3 Å². The minimum absolute atomic E-state index is 0.00295. The first-order valence-electron chi connectivity index (χ1n) is 7.71. The summed E-state index contributed by atoms with van der Waals surface area (Å²) in [5.74, 6) is 0.243. The maximum atomic E-state index is 12.6. The maximum absolute atomic E-state index is 12.6. The highest BCUT2D eigenvalue weighted by Gasteiger charge is 2.26. The van der Waals surface area contributed by atoms with Crippen molar-refractivity contribution in [3.63, 3.8) is 0 Å². The summed E-state index contributed by atoms with van der Waals surface area (Å²) in [6.07, 6.45) is 0.804. The minimum Gasteiger partial charge on any atom is -0.293 e. The molecule has 0 saturated heterocycles. The van der Waals surface area contributed by atoms with Gasteiger partial charge in [0, 0.05) is 28.8 Å². The molecule has 0 aliphatic carbocycles. The van der Waals surface area contributed by atoms with Gasteiger partial charge in [-0.3, -0.25) is 14.2 Å². The molecule has 3 rings (SSSR count). The molecule has 0 spiro atoms. The van der Waals surface area contributed by atoms with E-state index in [2.05, 4.69) is 11.9 Å². The molecule has 4 nitrogen and oxygen atoms in total. The minimum atomic E-state index is -0.00295. The van der Waals surface area contributed by atoms with Crippen molar-refractivity contribution < 1.29 is 4.79 Å². The van der Waals surface area contributed by atoms with Crippen LogP contribution in [0.15, 0.2) is 39.1 Å². The zero-order valence-electron chi connectivity index (χ0n) is 13.4. The van der Waals surface area contributed by atoms with Gasteiger partial charge in [0.05, 0.1) is 16.3 Å². The van der Waals surface area contributed by atoms with Crippen LogP contribution < -0.4 is 5.56 Å². The van der Waals surface area contributed by atoms with Crippen molar-refractivity contribution in [1.29, 1.82) is 0 Å².